The van der Waals surface area contributed by atoms with E-state index < -0.39 is 0 Å². The van der Waals surface area contributed by atoms with Crippen LogP contribution in [0.15, 0.2) is 29.3 Å². The fourth-order valence-electron chi connectivity index (χ4n) is 4.42. The van der Waals surface area contributed by atoms with Gasteiger partial charge >= 0.3 is 0 Å². The molecule has 1 unspecified atom stereocenters. The van der Waals surface area contributed by atoms with E-state index in [1.807, 2.05) is 0 Å². The average Bonchev–Trinajstić information content (AvgIpc) is 2.74. The lowest BCUT2D eigenvalue weighted by atomic mass is 10.1. The molecule has 0 bridgehead atoms. The van der Waals surface area contributed by atoms with Crippen molar-refractivity contribution in [1.82, 2.24) is 20.4 Å². The SMILES string of the molecule is CCCN1CCC(NC(=NCc2cccc(CN3CCOC(C)C3)c2)NCC)CC1. The summed E-state index contributed by atoms with van der Waals surface area (Å²) in [5, 5.41) is 7.09. The lowest BCUT2D eigenvalue weighted by molar-refractivity contribution is -0.0212. The molecule has 1 atom stereocenters. The minimum atomic E-state index is 0.328. The number of aliphatic imine (C=N–C) groups is 1. The maximum atomic E-state index is 5.66. The third-order valence-corrected chi connectivity index (χ3v) is 5.95. The van der Waals surface area contributed by atoms with Crippen molar-refractivity contribution in [3.05, 3.63) is 35.4 Å². The van der Waals surface area contributed by atoms with Crippen LogP contribution in [0, 0.1) is 0 Å². The Hall–Kier alpha value is -1.63. The van der Waals surface area contributed by atoms with E-state index in [4.69, 9.17) is 9.73 Å². The molecular weight excluding hydrogens is 374 g/mol. The standard InChI is InChI=1S/C24H41N5O/c1-4-11-28-12-9-23(10-13-28)27-24(25-5-2)26-17-21-7-6-8-22(16-21)19-29-14-15-30-20(3)18-29/h6-8,16,20,23H,4-5,9-15,17-19H2,1-3H3,(H2,25,26,27). The molecule has 168 valence electrons. The smallest absolute Gasteiger partial charge is 0.191 e. The summed E-state index contributed by atoms with van der Waals surface area (Å²) in [6, 6.07) is 9.39. The number of benzene rings is 1. The van der Waals surface area contributed by atoms with Crippen LogP contribution in [-0.4, -0.2) is 73.8 Å². The number of guanidine groups is 1. The first kappa shape index (κ1) is 23.0. The zero-order valence-electron chi connectivity index (χ0n) is 19.2. The summed E-state index contributed by atoms with van der Waals surface area (Å²) < 4.78 is 5.66. The normalized spacial score (nSPS) is 22.2. The summed E-state index contributed by atoms with van der Waals surface area (Å²) in [6.45, 7) is 15.6. The van der Waals surface area contributed by atoms with Gasteiger partial charge < -0.3 is 20.3 Å². The second kappa shape index (κ2) is 12.3. The Bertz CT molecular complexity index is 657. The predicted octanol–water partition coefficient (Wildman–Crippen LogP) is 2.84. The molecule has 2 aliphatic rings. The summed E-state index contributed by atoms with van der Waals surface area (Å²) in [4.78, 5) is 9.93. The van der Waals surface area contributed by atoms with Crippen molar-refractivity contribution in [2.45, 2.75) is 65.3 Å². The van der Waals surface area contributed by atoms with Gasteiger partial charge in [-0.2, -0.15) is 0 Å². The van der Waals surface area contributed by atoms with E-state index in [-0.39, 0.29) is 0 Å². The van der Waals surface area contributed by atoms with Crippen molar-refractivity contribution >= 4 is 5.96 Å². The fraction of sp³-hybridized carbons (Fsp3) is 0.708. The number of hydrogen-bond donors (Lipinski definition) is 2. The Labute approximate surface area is 183 Å². The highest BCUT2D eigenvalue weighted by Gasteiger charge is 2.19. The van der Waals surface area contributed by atoms with Gasteiger partial charge in [0.1, 0.15) is 0 Å². The van der Waals surface area contributed by atoms with Crippen LogP contribution in [0.25, 0.3) is 0 Å². The molecule has 1 aromatic carbocycles. The minimum Gasteiger partial charge on any atom is -0.376 e. The quantitative estimate of drug-likeness (QED) is 0.505. The molecule has 30 heavy (non-hydrogen) atoms. The van der Waals surface area contributed by atoms with Crippen LogP contribution in [0.4, 0.5) is 0 Å². The maximum Gasteiger partial charge on any atom is 0.191 e. The van der Waals surface area contributed by atoms with Gasteiger partial charge in [0.05, 0.1) is 19.3 Å². The summed E-state index contributed by atoms with van der Waals surface area (Å²) in [5.41, 5.74) is 2.63. The van der Waals surface area contributed by atoms with Crippen molar-refractivity contribution in [1.29, 1.82) is 0 Å². The Kier molecular flexibility index (Phi) is 9.43. The second-order valence-electron chi connectivity index (χ2n) is 8.69. The van der Waals surface area contributed by atoms with Crippen LogP contribution in [0.3, 0.4) is 0 Å². The first-order valence-electron chi connectivity index (χ1n) is 11.8. The lowest BCUT2D eigenvalue weighted by Crippen LogP contribution is -2.48. The number of nitrogens with one attached hydrogen (secondary N) is 2. The van der Waals surface area contributed by atoms with E-state index >= 15 is 0 Å². The number of hydrogen-bond acceptors (Lipinski definition) is 4. The Morgan fingerprint density at radius 1 is 1.13 bits per heavy atom. The number of ether oxygens (including phenoxy) is 1. The van der Waals surface area contributed by atoms with Gasteiger partial charge in [-0.1, -0.05) is 31.2 Å². The van der Waals surface area contributed by atoms with Gasteiger partial charge in [0.25, 0.3) is 0 Å². The van der Waals surface area contributed by atoms with E-state index in [1.54, 1.807) is 0 Å². The molecule has 6 nitrogen and oxygen atoms in total. The topological polar surface area (TPSA) is 52.1 Å². The molecule has 6 heteroatoms. The van der Waals surface area contributed by atoms with Gasteiger partial charge in [-0.3, -0.25) is 4.90 Å². The summed E-state index contributed by atoms with van der Waals surface area (Å²) >= 11 is 0. The van der Waals surface area contributed by atoms with Crippen molar-refractivity contribution in [2.75, 3.05) is 45.9 Å². The van der Waals surface area contributed by atoms with Crippen molar-refractivity contribution < 1.29 is 4.74 Å². The molecule has 2 N–H and O–H groups in total. The summed E-state index contributed by atoms with van der Waals surface area (Å²) in [5.74, 6) is 0.943. The highest BCUT2D eigenvalue weighted by Crippen LogP contribution is 2.13. The molecule has 1 aromatic rings. The minimum absolute atomic E-state index is 0.328. The van der Waals surface area contributed by atoms with E-state index in [0.717, 1.165) is 38.7 Å². The van der Waals surface area contributed by atoms with Crippen LogP contribution >= 0.6 is 0 Å². The van der Waals surface area contributed by atoms with Gasteiger partial charge in [-0.15, -0.1) is 0 Å². The van der Waals surface area contributed by atoms with Gasteiger partial charge in [-0.05, 0) is 50.8 Å². The first-order valence-corrected chi connectivity index (χ1v) is 11.8. The average molecular weight is 416 g/mol. The van der Waals surface area contributed by atoms with Crippen molar-refractivity contribution in [3.63, 3.8) is 0 Å². The Balaban J connectivity index is 1.53. The maximum absolute atomic E-state index is 5.66. The summed E-state index contributed by atoms with van der Waals surface area (Å²) in [6.07, 6.45) is 3.95. The largest absolute Gasteiger partial charge is 0.376 e. The summed E-state index contributed by atoms with van der Waals surface area (Å²) in [7, 11) is 0. The molecule has 0 aromatic heterocycles. The highest BCUT2D eigenvalue weighted by molar-refractivity contribution is 5.80. The molecular formula is C24H41N5O. The lowest BCUT2D eigenvalue weighted by Gasteiger charge is -2.32. The molecule has 2 fully saturated rings. The van der Waals surface area contributed by atoms with Crippen LogP contribution in [0.1, 0.15) is 51.2 Å². The van der Waals surface area contributed by atoms with Crippen LogP contribution in [-0.2, 0) is 17.8 Å². The van der Waals surface area contributed by atoms with Gasteiger partial charge in [0, 0.05) is 45.3 Å². The zero-order valence-corrected chi connectivity index (χ0v) is 19.2. The third-order valence-electron chi connectivity index (χ3n) is 5.95. The molecule has 0 radical (unpaired) electrons. The van der Waals surface area contributed by atoms with E-state index in [2.05, 4.69) is 65.5 Å². The van der Waals surface area contributed by atoms with Gasteiger partial charge in [0.15, 0.2) is 5.96 Å². The number of rotatable bonds is 8. The van der Waals surface area contributed by atoms with Crippen LogP contribution < -0.4 is 10.6 Å². The number of likely N-dealkylation sites (tertiary alicyclic amines) is 1. The van der Waals surface area contributed by atoms with Gasteiger partial charge in [-0.25, -0.2) is 4.99 Å². The van der Waals surface area contributed by atoms with Crippen molar-refractivity contribution in [2.24, 2.45) is 4.99 Å². The molecule has 0 saturated carbocycles. The van der Waals surface area contributed by atoms with E-state index in [1.165, 1.54) is 50.0 Å². The molecule has 0 spiro atoms. The Morgan fingerprint density at radius 2 is 1.93 bits per heavy atom. The zero-order chi connectivity index (χ0) is 21.2. The number of piperidine rings is 1. The van der Waals surface area contributed by atoms with Crippen LogP contribution in [0.2, 0.25) is 0 Å². The number of nitrogens with zero attached hydrogens (tertiary/aromatic N) is 3. The molecule has 3 rings (SSSR count). The predicted molar refractivity (Wildman–Crippen MR) is 125 cm³/mol. The molecule has 2 saturated heterocycles. The van der Waals surface area contributed by atoms with Crippen molar-refractivity contribution in [3.8, 4) is 0 Å². The van der Waals surface area contributed by atoms with Crippen LogP contribution in [0.5, 0.6) is 0 Å². The second-order valence-corrected chi connectivity index (χ2v) is 8.69. The molecule has 0 amide bonds. The monoisotopic (exact) mass is 415 g/mol. The highest BCUT2D eigenvalue weighted by atomic mass is 16.5. The first-order chi connectivity index (χ1) is 14.7. The van der Waals surface area contributed by atoms with E-state index in [9.17, 15) is 0 Å². The fourth-order valence-corrected chi connectivity index (χ4v) is 4.42. The molecule has 0 aliphatic carbocycles. The molecule has 2 aliphatic heterocycles. The Morgan fingerprint density at radius 3 is 2.67 bits per heavy atom. The van der Waals surface area contributed by atoms with Gasteiger partial charge in [0.2, 0.25) is 0 Å². The van der Waals surface area contributed by atoms with E-state index in [0.29, 0.717) is 18.7 Å². The number of morpholine rings is 1. The molecule has 2 heterocycles. The third kappa shape index (κ3) is 7.56.